The van der Waals surface area contributed by atoms with E-state index in [0.717, 1.165) is 45.8 Å². The third-order valence-electron chi connectivity index (χ3n) is 2.99. The summed E-state index contributed by atoms with van der Waals surface area (Å²) in [4.78, 5) is 0. The molecule has 0 radical (unpaired) electrons. The van der Waals surface area contributed by atoms with E-state index in [-0.39, 0.29) is 0 Å². The van der Waals surface area contributed by atoms with E-state index in [1.54, 1.807) is 0 Å². The Morgan fingerprint density at radius 2 is 2.06 bits per heavy atom. The minimum Gasteiger partial charge on any atom is -0.381 e. The predicted octanol–water partition coefficient (Wildman–Crippen LogP) is 2.35. The van der Waals surface area contributed by atoms with Gasteiger partial charge in [0.05, 0.1) is 0 Å². The molecule has 0 saturated carbocycles. The maximum Gasteiger partial charge on any atom is 0.0480 e. The minimum atomic E-state index is 0.665. The van der Waals surface area contributed by atoms with Gasteiger partial charge in [-0.2, -0.15) is 0 Å². The zero-order chi connectivity index (χ0) is 11.5. The molecular weight excluding hydrogens is 202 g/mol. The molecule has 1 unspecified atom stereocenters. The van der Waals surface area contributed by atoms with Crippen molar-refractivity contribution in [3.05, 3.63) is 0 Å². The highest BCUT2D eigenvalue weighted by Crippen LogP contribution is 2.07. The van der Waals surface area contributed by atoms with Crippen molar-refractivity contribution in [2.45, 2.75) is 51.5 Å². The minimum absolute atomic E-state index is 0.665. The largest absolute Gasteiger partial charge is 0.381 e. The van der Waals surface area contributed by atoms with Gasteiger partial charge in [0, 0.05) is 32.5 Å². The van der Waals surface area contributed by atoms with Crippen molar-refractivity contribution in [2.24, 2.45) is 0 Å². The molecule has 0 amide bonds. The van der Waals surface area contributed by atoms with Crippen molar-refractivity contribution in [3.63, 3.8) is 0 Å². The second kappa shape index (κ2) is 10.1. The Bertz CT molecular complexity index is 145. The maximum atomic E-state index is 5.52. The van der Waals surface area contributed by atoms with E-state index in [0.29, 0.717) is 6.04 Å². The zero-order valence-corrected chi connectivity index (χ0v) is 10.7. The van der Waals surface area contributed by atoms with Crippen LogP contribution in [0.1, 0.15) is 45.4 Å². The fourth-order valence-corrected chi connectivity index (χ4v) is 1.94. The van der Waals surface area contributed by atoms with Crippen molar-refractivity contribution in [1.82, 2.24) is 5.32 Å². The molecule has 1 fully saturated rings. The van der Waals surface area contributed by atoms with Crippen LogP contribution >= 0.6 is 0 Å². The number of rotatable bonds is 8. The first-order valence-electron chi connectivity index (χ1n) is 6.82. The molecule has 0 aromatic carbocycles. The first kappa shape index (κ1) is 13.9. The summed E-state index contributed by atoms with van der Waals surface area (Å²) in [5.41, 5.74) is 0. The van der Waals surface area contributed by atoms with Gasteiger partial charge in [-0.3, -0.25) is 0 Å². The first-order valence-corrected chi connectivity index (χ1v) is 6.82. The van der Waals surface area contributed by atoms with Gasteiger partial charge in [0.1, 0.15) is 0 Å². The van der Waals surface area contributed by atoms with Gasteiger partial charge in [0.2, 0.25) is 0 Å². The second-order valence-electron chi connectivity index (χ2n) is 4.51. The number of hydrogen-bond donors (Lipinski definition) is 1. The fourth-order valence-electron chi connectivity index (χ4n) is 1.94. The third kappa shape index (κ3) is 7.20. The van der Waals surface area contributed by atoms with Crippen LogP contribution in [0.3, 0.4) is 0 Å². The van der Waals surface area contributed by atoms with Gasteiger partial charge >= 0.3 is 0 Å². The molecule has 96 valence electrons. The highest BCUT2D eigenvalue weighted by atomic mass is 16.5. The standard InChI is InChI=1S/C13H27NO2/c1-2-3-9-15-11-5-8-14-13-6-4-10-16-12-7-13/h13-14H,2-12H2,1H3. The molecule has 0 aromatic heterocycles. The van der Waals surface area contributed by atoms with Crippen molar-refractivity contribution >= 4 is 0 Å². The molecule has 1 rings (SSSR count). The lowest BCUT2D eigenvalue weighted by atomic mass is 10.1. The highest BCUT2D eigenvalue weighted by molar-refractivity contribution is 4.68. The number of hydrogen-bond acceptors (Lipinski definition) is 3. The lowest BCUT2D eigenvalue weighted by Crippen LogP contribution is -2.30. The van der Waals surface area contributed by atoms with Crippen molar-refractivity contribution in [2.75, 3.05) is 33.0 Å². The van der Waals surface area contributed by atoms with Crippen LogP contribution in [-0.4, -0.2) is 39.0 Å². The quantitative estimate of drug-likeness (QED) is 0.648. The summed E-state index contributed by atoms with van der Waals surface area (Å²) in [6.07, 6.45) is 7.16. The van der Waals surface area contributed by atoms with E-state index in [4.69, 9.17) is 9.47 Å². The van der Waals surface area contributed by atoms with Crippen molar-refractivity contribution in [3.8, 4) is 0 Å². The highest BCUT2D eigenvalue weighted by Gasteiger charge is 2.10. The summed E-state index contributed by atoms with van der Waals surface area (Å²) in [5, 5.41) is 3.59. The Balaban J connectivity index is 1.86. The first-order chi connectivity index (χ1) is 7.93. The summed E-state index contributed by atoms with van der Waals surface area (Å²) in [6, 6.07) is 0.665. The summed E-state index contributed by atoms with van der Waals surface area (Å²) >= 11 is 0. The van der Waals surface area contributed by atoms with Crippen molar-refractivity contribution in [1.29, 1.82) is 0 Å². The molecule has 1 heterocycles. The lowest BCUT2D eigenvalue weighted by Gasteiger charge is -2.15. The van der Waals surface area contributed by atoms with Crippen LogP contribution in [0, 0.1) is 0 Å². The van der Waals surface area contributed by atoms with Gasteiger partial charge in [-0.15, -0.1) is 0 Å². The Kier molecular flexibility index (Phi) is 8.77. The molecule has 1 aliphatic heterocycles. The average Bonchev–Trinajstić information content (AvgIpc) is 2.56. The predicted molar refractivity (Wildman–Crippen MR) is 66.8 cm³/mol. The van der Waals surface area contributed by atoms with Crippen LogP contribution in [0.4, 0.5) is 0 Å². The smallest absolute Gasteiger partial charge is 0.0480 e. The molecule has 0 spiro atoms. The van der Waals surface area contributed by atoms with Crippen LogP contribution in [0.25, 0.3) is 0 Å². The summed E-state index contributed by atoms with van der Waals surface area (Å²) in [5.74, 6) is 0. The van der Waals surface area contributed by atoms with E-state index in [1.807, 2.05) is 0 Å². The molecule has 1 saturated heterocycles. The number of unbranched alkanes of at least 4 members (excludes halogenated alkanes) is 1. The average molecular weight is 229 g/mol. The normalized spacial score (nSPS) is 21.9. The zero-order valence-electron chi connectivity index (χ0n) is 10.7. The van der Waals surface area contributed by atoms with Crippen LogP contribution in [0.5, 0.6) is 0 Å². The molecule has 16 heavy (non-hydrogen) atoms. The topological polar surface area (TPSA) is 30.5 Å². The van der Waals surface area contributed by atoms with Crippen molar-refractivity contribution < 1.29 is 9.47 Å². The van der Waals surface area contributed by atoms with E-state index in [1.165, 1.54) is 25.7 Å². The summed E-state index contributed by atoms with van der Waals surface area (Å²) in [6.45, 7) is 6.96. The number of ether oxygens (including phenoxy) is 2. The number of nitrogens with one attached hydrogen (secondary N) is 1. The molecule has 0 bridgehead atoms. The van der Waals surface area contributed by atoms with Crippen LogP contribution in [0.2, 0.25) is 0 Å². The van der Waals surface area contributed by atoms with Crippen LogP contribution in [0.15, 0.2) is 0 Å². The van der Waals surface area contributed by atoms with Gasteiger partial charge in [-0.1, -0.05) is 13.3 Å². The van der Waals surface area contributed by atoms with E-state index in [2.05, 4.69) is 12.2 Å². The molecule has 1 atom stereocenters. The molecule has 3 nitrogen and oxygen atoms in total. The Hall–Kier alpha value is -0.120. The van der Waals surface area contributed by atoms with Crippen LogP contribution < -0.4 is 5.32 Å². The lowest BCUT2D eigenvalue weighted by molar-refractivity contribution is 0.127. The fraction of sp³-hybridized carbons (Fsp3) is 1.00. The molecule has 0 aromatic rings. The van der Waals surface area contributed by atoms with Gasteiger partial charge in [-0.25, -0.2) is 0 Å². The summed E-state index contributed by atoms with van der Waals surface area (Å²) in [7, 11) is 0. The molecule has 0 aliphatic carbocycles. The van der Waals surface area contributed by atoms with Gasteiger partial charge < -0.3 is 14.8 Å². The van der Waals surface area contributed by atoms with E-state index >= 15 is 0 Å². The summed E-state index contributed by atoms with van der Waals surface area (Å²) < 4.78 is 11.0. The third-order valence-corrected chi connectivity index (χ3v) is 2.99. The van der Waals surface area contributed by atoms with Gasteiger partial charge in [-0.05, 0) is 38.6 Å². The molecule has 1 N–H and O–H groups in total. The SMILES string of the molecule is CCCCOCCCNC1CCCOCC1. The molecular formula is C13H27NO2. The van der Waals surface area contributed by atoms with E-state index in [9.17, 15) is 0 Å². The van der Waals surface area contributed by atoms with E-state index < -0.39 is 0 Å². The maximum absolute atomic E-state index is 5.52. The molecule has 3 heteroatoms. The van der Waals surface area contributed by atoms with Gasteiger partial charge in [0.15, 0.2) is 0 Å². The Morgan fingerprint density at radius 1 is 1.19 bits per heavy atom. The monoisotopic (exact) mass is 229 g/mol. The van der Waals surface area contributed by atoms with Gasteiger partial charge in [0.25, 0.3) is 0 Å². The second-order valence-corrected chi connectivity index (χ2v) is 4.51. The Labute approximate surface area is 99.9 Å². The Morgan fingerprint density at radius 3 is 2.94 bits per heavy atom. The molecule has 1 aliphatic rings. The van der Waals surface area contributed by atoms with Crippen LogP contribution in [-0.2, 0) is 9.47 Å².